The zero-order valence-corrected chi connectivity index (χ0v) is 12.4. The summed E-state index contributed by atoms with van der Waals surface area (Å²) in [7, 11) is 0. The molecule has 1 aliphatic heterocycles. The van der Waals surface area contributed by atoms with Gasteiger partial charge in [-0.2, -0.15) is 0 Å². The molecular weight excluding hydrogens is 270 g/mol. The Hall–Kier alpha value is -1.88. The summed E-state index contributed by atoms with van der Waals surface area (Å²) in [5, 5.41) is 8.90. The third-order valence-electron chi connectivity index (χ3n) is 3.73. The molecule has 2 atom stereocenters. The predicted molar refractivity (Wildman–Crippen MR) is 79.4 cm³/mol. The number of benzene rings is 1. The van der Waals surface area contributed by atoms with Crippen molar-refractivity contribution in [1.82, 2.24) is 0 Å². The quantitative estimate of drug-likeness (QED) is 0.904. The summed E-state index contributed by atoms with van der Waals surface area (Å²) < 4.78 is 5.63. The SMILES string of the molecule is Cc1ccccc1N(CCC(=O)O)C(=O)C1CCC(C)O1. The number of amides is 1. The van der Waals surface area contributed by atoms with Gasteiger partial charge in [-0.15, -0.1) is 0 Å². The number of anilines is 1. The molecule has 114 valence electrons. The van der Waals surface area contributed by atoms with Gasteiger partial charge in [0.15, 0.2) is 0 Å². The van der Waals surface area contributed by atoms with E-state index in [2.05, 4.69) is 0 Å². The molecule has 0 bridgehead atoms. The van der Waals surface area contributed by atoms with Crippen LogP contribution in [0.25, 0.3) is 0 Å². The van der Waals surface area contributed by atoms with E-state index >= 15 is 0 Å². The van der Waals surface area contributed by atoms with Crippen LogP contribution >= 0.6 is 0 Å². The van der Waals surface area contributed by atoms with E-state index in [1.807, 2.05) is 38.1 Å². The molecular formula is C16H21NO4. The highest BCUT2D eigenvalue weighted by Gasteiger charge is 2.32. The molecule has 1 heterocycles. The molecule has 2 rings (SSSR count). The van der Waals surface area contributed by atoms with E-state index in [4.69, 9.17) is 9.84 Å². The Morgan fingerprint density at radius 2 is 2.05 bits per heavy atom. The number of carboxylic acids is 1. The van der Waals surface area contributed by atoms with E-state index in [1.165, 1.54) is 0 Å². The number of para-hydroxylation sites is 1. The van der Waals surface area contributed by atoms with Crippen molar-refractivity contribution in [3.63, 3.8) is 0 Å². The van der Waals surface area contributed by atoms with Crippen LogP contribution in [0, 0.1) is 6.92 Å². The molecule has 5 nitrogen and oxygen atoms in total. The lowest BCUT2D eigenvalue weighted by molar-refractivity contribution is -0.136. The van der Waals surface area contributed by atoms with Crippen LogP contribution in [0.3, 0.4) is 0 Å². The third kappa shape index (κ3) is 3.82. The molecule has 0 saturated carbocycles. The van der Waals surface area contributed by atoms with Crippen molar-refractivity contribution >= 4 is 17.6 Å². The van der Waals surface area contributed by atoms with E-state index < -0.39 is 12.1 Å². The number of hydrogen-bond donors (Lipinski definition) is 1. The Labute approximate surface area is 124 Å². The van der Waals surface area contributed by atoms with Crippen LogP contribution in [0.1, 0.15) is 31.7 Å². The maximum Gasteiger partial charge on any atom is 0.305 e. The molecule has 1 N–H and O–H groups in total. The van der Waals surface area contributed by atoms with Crippen molar-refractivity contribution in [2.24, 2.45) is 0 Å². The Morgan fingerprint density at radius 3 is 2.62 bits per heavy atom. The minimum Gasteiger partial charge on any atom is -0.481 e. The number of carboxylic acid groups (broad SMARTS) is 1. The zero-order valence-electron chi connectivity index (χ0n) is 12.4. The predicted octanol–water partition coefficient (Wildman–Crippen LogP) is 2.37. The molecule has 21 heavy (non-hydrogen) atoms. The molecule has 1 saturated heterocycles. The summed E-state index contributed by atoms with van der Waals surface area (Å²) in [5.74, 6) is -1.06. The number of ether oxygens (including phenoxy) is 1. The largest absolute Gasteiger partial charge is 0.481 e. The summed E-state index contributed by atoms with van der Waals surface area (Å²) in [4.78, 5) is 25.1. The Bertz CT molecular complexity index is 529. The summed E-state index contributed by atoms with van der Waals surface area (Å²) in [6, 6.07) is 7.50. The maximum absolute atomic E-state index is 12.7. The van der Waals surface area contributed by atoms with Crippen LogP contribution in [0.2, 0.25) is 0 Å². The average molecular weight is 291 g/mol. The van der Waals surface area contributed by atoms with Gasteiger partial charge in [0.25, 0.3) is 5.91 Å². The molecule has 1 aromatic carbocycles. The summed E-state index contributed by atoms with van der Waals surface area (Å²) >= 11 is 0. The Morgan fingerprint density at radius 1 is 1.33 bits per heavy atom. The fourth-order valence-electron chi connectivity index (χ4n) is 2.58. The minimum absolute atomic E-state index is 0.0807. The second kappa shape index (κ2) is 6.72. The van der Waals surface area contributed by atoms with Crippen LogP contribution in [-0.2, 0) is 14.3 Å². The molecule has 1 amide bonds. The van der Waals surface area contributed by atoms with Crippen molar-refractivity contribution in [1.29, 1.82) is 0 Å². The number of nitrogens with zero attached hydrogens (tertiary/aromatic N) is 1. The van der Waals surface area contributed by atoms with Crippen molar-refractivity contribution in [3.05, 3.63) is 29.8 Å². The molecule has 0 spiro atoms. The first kappa shape index (κ1) is 15.5. The summed E-state index contributed by atoms with van der Waals surface area (Å²) in [6.07, 6.45) is 1.08. The van der Waals surface area contributed by atoms with Gasteiger partial charge in [0, 0.05) is 12.2 Å². The molecule has 1 aliphatic rings. The first-order valence-corrected chi connectivity index (χ1v) is 7.23. The van der Waals surface area contributed by atoms with E-state index in [0.717, 1.165) is 17.7 Å². The van der Waals surface area contributed by atoms with Gasteiger partial charge in [-0.3, -0.25) is 9.59 Å². The van der Waals surface area contributed by atoms with E-state index in [1.54, 1.807) is 4.90 Å². The number of hydrogen-bond acceptors (Lipinski definition) is 3. The van der Waals surface area contributed by atoms with Gasteiger partial charge in [0.05, 0.1) is 12.5 Å². The first-order chi connectivity index (χ1) is 9.99. The number of carbonyl (C=O) groups is 2. The smallest absolute Gasteiger partial charge is 0.305 e. The second-order valence-electron chi connectivity index (χ2n) is 5.43. The van der Waals surface area contributed by atoms with Crippen molar-refractivity contribution < 1.29 is 19.4 Å². The van der Waals surface area contributed by atoms with Crippen LogP contribution in [0.5, 0.6) is 0 Å². The van der Waals surface area contributed by atoms with Crippen LogP contribution in [-0.4, -0.2) is 35.7 Å². The van der Waals surface area contributed by atoms with Crippen molar-refractivity contribution in [2.75, 3.05) is 11.4 Å². The number of aryl methyl sites for hydroxylation is 1. The van der Waals surface area contributed by atoms with Gasteiger partial charge in [-0.05, 0) is 38.3 Å². The molecule has 0 aromatic heterocycles. The van der Waals surface area contributed by atoms with Crippen molar-refractivity contribution in [3.8, 4) is 0 Å². The van der Waals surface area contributed by atoms with Crippen molar-refractivity contribution in [2.45, 2.75) is 45.3 Å². The van der Waals surface area contributed by atoms with E-state index in [-0.39, 0.29) is 25.0 Å². The summed E-state index contributed by atoms with van der Waals surface area (Å²) in [6.45, 7) is 4.02. The number of carbonyl (C=O) groups excluding carboxylic acids is 1. The van der Waals surface area contributed by atoms with Crippen LogP contribution in [0.4, 0.5) is 5.69 Å². The normalized spacial score (nSPS) is 21.2. The minimum atomic E-state index is -0.915. The lowest BCUT2D eigenvalue weighted by Gasteiger charge is -2.26. The topological polar surface area (TPSA) is 66.8 Å². The molecule has 5 heteroatoms. The van der Waals surface area contributed by atoms with Gasteiger partial charge in [0.1, 0.15) is 6.10 Å². The van der Waals surface area contributed by atoms with Crippen LogP contribution in [0.15, 0.2) is 24.3 Å². The maximum atomic E-state index is 12.7. The van der Waals surface area contributed by atoms with Gasteiger partial charge in [-0.1, -0.05) is 18.2 Å². The Balaban J connectivity index is 2.21. The number of rotatable bonds is 5. The second-order valence-corrected chi connectivity index (χ2v) is 5.43. The fourth-order valence-corrected chi connectivity index (χ4v) is 2.58. The summed E-state index contributed by atoms with van der Waals surface area (Å²) in [5.41, 5.74) is 1.70. The third-order valence-corrected chi connectivity index (χ3v) is 3.73. The van der Waals surface area contributed by atoms with Gasteiger partial charge in [0.2, 0.25) is 0 Å². The highest BCUT2D eigenvalue weighted by atomic mass is 16.5. The molecule has 0 aliphatic carbocycles. The number of aliphatic carboxylic acids is 1. The van der Waals surface area contributed by atoms with E-state index in [0.29, 0.717) is 6.42 Å². The zero-order chi connectivity index (χ0) is 15.4. The first-order valence-electron chi connectivity index (χ1n) is 7.23. The monoisotopic (exact) mass is 291 g/mol. The van der Waals surface area contributed by atoms with Gasteiger partial charge >= 0.3 is 5.97 Å². The van der Waals surface area contributed by atoms with Crippen LogP contribution < -0.4 is 4.90 Å². The molecule has 1 aromatic rings. The molecule has 2 unspecified atom stereocenters. The average Bonchev–Trinajstić information content (AvgIpc) is 2.87. The molecule has 0 radical (unpaired) electrons. The highest BCUT2D eigenvalue weighted by Crippen LogP contribution is 2.26. The Kier molecular flexibility index (Phi) is 4.96. The molecule has 1 fully saturated rings. The standard InChI is InChI=1S/C16H21NO4/c1-11-5-3-4-6-13(11)17(10-9-15(18)19)16(20)14-8-7-12(2)21-14/h3-6,12,14H,7-10H2,1-2H3,(H,18,19). The lowest BCUT2D eigenvalue weighted by Crippen LogP contribution is -2.41. The van der Waals surface area contributed by atoms with Gasteiger partial charge < -0.3 is 14.7 Å². The lowest BCUT2D eigenvalue weighted by atomic mass is 10.1. The highest BCUT2D eigenvalue weighted by molar-refractivity contribution is 5.97. The fraction of sp³-hybridized carbons (Fsp3) is 0.500. The van der Waals surface area contributed by atoms with E-state index in [9.17, 15) is 9.59 Å². The van der Waals surface area contributed by atoms with Gasteiger partial charge in [-0.25, -0.2) is 0 Å².